The van der Waals surface area contributed by atoms with Crippen LogP contribution >= 0.6 is 11.6 Å². The highest BCUT2D eigenvalue weighted by atomic mass is 35.5. The third-order valence-electron chi connectivity index (χ3n) is 3.52. The minimum Gasteiger partial charge on any atom is -0.468 e. The van der Waals surface area contributed by atoms with E-state index in [9.17, 15) is 4.79 Å². The molecule has 2 rings (SSSR count). The summed E-state index contributed by atoms with van der Waals surface area (Å²) >= 11 is 5.94. The summed E-state index contributed by atoms with van der Waals surface area (Å²) in [4.78, 5) is 14.0. The van der Waals surface area contributed by atoms with Crippen LogP contribution in [0.5, 0.6) is 0 Å². The first-order valence-electron chi connectivity index (χ1n) is 7.27. The summed E-state index contributed by atoms with van der Waals surface area (Å²) in [6, 6.07) is 11.4. The average molecular weight is 321 g/mol. The Balaban J connectivity index is 1.81. The summed E-state index contributed by atoms with van der Waals surface area (Å²) in [5.41, 5.74) is 1.07. The fourth-order valence-electron chi connectivity index (χ4n) is 2.27. The third kappa shape index (κ3) is 4.90. The van der Waals surface area contributed by atoms with Crippen LogP contribution in [-0.2, 0) is 11.2 Å². The van der Waals surface area contributed by atoms with Crippen LogP contribution in [0.2, 0.25) is 5.02 Å². The van der Waals surface area contributed by atoms with Crippen LogP contribution in [0.15, 0.2) is 47.1 Å². The molecule has 0 radical (unpaired) electrons. The van der Waals surface area contributed by atoms with Crippen molar-refractivity contribution in [1.29, 1.82) is 0 Å². The molecule has 1 heterocycles. The van der Waals surface area contributed by atoms with Crippen LogP contribution in [0, 0.1) is 0 Å². The van der Waals surface area contributed by atoms with Gasteiger partial charge in [0.05, 0.1) is 12.3 Å². The summed E-state index contributed by atoms with van der Waals surface area (Å²) in [6.07, 6.45) is 2.77. The quantitative estimate of drug-likeness (QED) is 0.851. The lowest BCUT2D eigenvalue weighted by atomic mass is 10.1. The number of likely N-dealkylation sites (N-methyl/N-ethyl adjacent to an activating group) is 1. The van der Waals surface area contributed by atoms with Gasteiger partial charge in [0.2, 0.25) is 5.91 Å². The number of benzene rings is 1. The number of nitrogens with one attached hydrogen (secondary N) is 1. The number of carbonyl (C=O) groups is 1. The number of amides is 1. The topological polar surface area (TPSA) is 45.5 Å². The number of furan rings is 1. The van der Waals surface area contributed by atoms with Gasteiger partial charge in [0, 0.05) is 18.0 Å². The van der Waals surface area contributed by atoms with Crippen LogP contribution in [0.4, 0.5) is 0 Å². The van der Waals surface area contributed by atoms with E-state index in [1.54, 1.807) is 6.26 Å². The zero-order valence-electron chi connectivity index (χ0n) is 12.9. The van der Waals surface area contributed by atoms with Crippen LogP contribution in [0.25, 0.3) is 0 Å². The Morgan fingerprint density at radius 1 is 1.32 bits per heavy atom. The monoisotopic (exact) mass is 320 g/mol. The first-order chi connectivity index (χ1) is 10.6. The highest BCUT2D eigenvalue weighted by Crippen LogP contribution is 2.17. The molecule has 1 aromatic carbocycles. The predicted molar refractivity (Wildman–Crippen MR) is 87.9 cm³/mol. The molecule has 0 saturated carbocycles. The summed E-state index contributed by atoms with van der Waals surface area (Å²) in [7, 11) is 3.93. The maximum absolute atomic E-state index is 12.0. The fourth-order valence-corrected chi connectivity index (χ4v) is 2.48. The molecule has 0 bridgehead atoms. The Hall–Kier alpha value is -1.78. The van der Waals surface area contributed by atoms with Gasteiger partial charge in [-0.05, 0) is 50.3 Å². The minimum atomic E-state index is 0.0263. The van der Waals surface area contributed by atoms with E-state index in [4.69, 9.17) is 16.0 Å². The normalized spacial score (nSPS) is 12.4. The minimum absolute atomic E-state index is 0.0263. The second kappa shape index (κ2) is 8.01. The lowest BCUT2D eigenvalue weighted by Crippen LogP contribution is -2.34. The molecule has 1 aromatic heterocycles. The highest BCUT2D eigenvalue weighted by molar-refractivity contribution is 6.30. The number of hydrogen-bond acceptors (Lipinski definition) is 3. The van der Waals surface area contributed by atoms with Gasteiger partial charge in [0.1, 0.15) is 5.76 Å². The molecule has 0 aliphatic rings. The molecule has 1 N–H and O–H groups in total. The van der Waals surface area contributed by atoms with E-state index >= 15 is 0 Å². The highest BCUT2D eigenvalue weighted by Gasteiger charge is 2.17. The number of rotatable bonds is 7. The van der Waals surface area contributed by atoms with Crippen molar-refractivity contribution < 1.29 is 9.21 Å². The standard InChI is InChI=1S/C17H21ClN2O2/c1-20(2)15(16-7-4-10-22-16)12-19-17(21)9-8-13-5-3-6-14(18)11-13/h3-7,10-11,15H,8-9,12H2,1-2H3,(H,19,21). The van der Waals surface area contributed by atoms with E-state index in [1.165, 1.54) is 0 Å². The maximum atomic E-state index is 12.0. The number of halogens is 1. The largest absolute Gasteiger partial charge is 0.468 e. The Bertz CT molecular complexity index is 596. The van der Waals surface area contributed by atoms with Crippen LogP contribution in [0.3, 0.4) is 0 Å². The average Bonchev–Trinajstić information content (AvgIpc) is 2.99. The van der Waals surface area contributed by atoms with E-state index < -0.39 is 0 Å². The van der Waals surface area contributed by atoms with E-state index in [2.05, 4.69) is 5.32 Å². The molecule has 5 heteroatoms. The molecule has 0 fully saturated rings. The van der Waals surface area contributed by atoms with E-state index in [-0.39, 0.29) is 11.9 Å². The Morgan fingerprint density at radius 2 is 2.14 bits per heavy atom. The zero-order valence-corrected chi connectivity index (χ0v) is 13.6. The summed E-state index contributed by atoms with van der Waals surface area (Å²) in [6.45, 7) is 0.523. The van der Waals surface area contributed by atoms with E-state index in [1.807, 2.05) is 55.4 Å². The molecule has 118 valence electrons. The number of carbonyl (C=O) groups excluding carboxylic acids is 1. The van der Waals surface area contributed by atoms with Crippen molar-refractivity contribution in [1.82, 2.24) is 10.2 Å². The molecule has 2 aromatic rings. The SMILES string of the molecule is CN(C)C(CNC(=O)CCc1cccc(Cl)c1)c1ccco1. The molecule has 1 amide bonds. The Kier molecular flexibility index (Phi) is 6.04. The molecular weight excluding hydrogens is 300 g/mol. The van der Waals surface area contributed by atoms with Gasteiger partial charge in [-0.3, -0.25) is 9.69 Å². The second-order valence-electron chi connectivity index (χ2n) is 5.43. The smallest absolute Gasteiger partial charge is 0.220 e. The van der Waals surface area contributed by atoms with Gasteiger partial charge in [0.25, 0.3) is 0 Å². The van der Waals surface area contributed by atoms with Crippen molar-refractivity contribution >= 4 is 17.5 Å². The predicted octanol–water partition coefficient (Wildman–Crippen LogP) is 3.28. The molecule has 1 atom stereocenters. The molecule has 1 unspecified atom stereocenters. The van der Waals surface area contributed by atoms with Gasteiger partial charge in [-0.1, -0.05) is 23.7 Å². The molecule has 0 spiro atoms. The van der Waals surface area contributed by atoms with Crippen LogP contribution < -0.4 is 5.32 Å². The van der Waals surface area contributed by atoms with Gasteiger partial charge in [0.15, 0.2) is 0 Å². The van der Waals surface area contributed by atoms with E-state index in [0.717, 1.165) is 11.3 Å². The summed E-state index contributed by atoms with van der Waals surface area (Å²) in [5.74, 6) is 0.874. The first-order valence-corrected chi connectivity index (χ1v) is 7.65. The van der Waals surface area contributed by atoms with Gasteiger partial charge >= 0.3 is 0 Å². The van der Waals surface area contributed by atoms with Crippen LogP contribution in [-0.4, -0.2) is 31.4 Å². The van der Waals surface area contributed by atoms with Crippen molar-refractivity contribution in [2.24, 2.45) is 0 Å². The fraction of sp³-hybridized carbons (Fsp3) is 0.353. The molecular formula is C17H21ClN2O2. The number of hydrogen-bond donors (Lipinski definition) is 1. The third-order valence-corrected chi connectivity index (χ3v) is 3.75. The van der Waals surface area contributed by atoms with Crippen molar-refractivity contribution in [3.63, 3.8) is 0 Å². The molecule has 0 aliphatic carbocycles. The Labute approximate surface area is 136 Å². The van der Waals surface area contributed by atoms with Crippen LogP contribution in [0.1, 0.15) is 23.8 Å². The van der Waals surface area contributed by atoms with Gasteiger partial charge in [-0.15, -0.1) is 0 Å². The molecule has 22 heavy (non-hydrogen) atoms. The zero-order chi connectivity index (χ0) is 15.9. The number of nitrogens with zero attached hydrogens (tertiary/aromatic N) is 1. The molecule has 0 aliphatic heterocycles. The Morgan fingerprint density at radius 3 is 2.77 bits per heavy atom. The van der Waals surface area contributed by atoms with Crippen molar-refractivity contribution in [2.75, 3.05) is 20.6 Å². The van der Waals surface area contributed by atoms with E-state index in [0.29, 0.717) is 24.4 Å². The molecule has 0 saturated heterocycles. The van der Waals surface area contributed by atoms with Gasteiger partial charge < -0.3 is 9.73 Å². The van der Waals surface area contributed by atoms with Gasteiger partial charge in [-0.2, -0.15) is 0 Å². The van der Waals surface area contributed by atoms with Gasteiger partial charge in [-0.25, -0.2) is 0 Å². The lowest BCUT2D eigenvalue weighted by Gasteiger charge is -2.22. The molecule has 4 nitrogen and oxygen atoms in total. The number of aryl methyl sites for hydroxylation is 1. The van der Waals surface area contributed by atoms with Crippen molar-refractivity contribution in [2.45, 2.75) is 18.9 Å². The second-order valence-corrected chi connectivity index (χ2v) is 5.87. The van der Waals surface area contributed by atoms with Crippen molar-refractivity contribution in [3.05, 3.63) is 59.0 Å². The van der Waals surface area contributed by atoms with Crippen molar-refractivity contribution in [3.8, 4) is 0 Å². The summed E-state index contributed by atoms with van der Waals surface area (Å²) < 4.78 is 5.42. The lowest BCUT2D eigenvalue weighted by molar-refractivity contribution is -0.121. The first kappa shape index (κ1) is 16.6. The summed E-state index contributed by atoms with van der Waals surface area (Å²) in [5, 5.41) is 3.66. The maximum Gasteiger partial charge on any atom is 0.220 e.